The maximum atomic E-state index is 6.22. The lowest BCUT2D eigenvalue weighted by atomic mass is 9.96. The predicted molar refractivity (Wildman–Crippen MR) is 89.2 cm³/mol. The van der Waals surface area contributed by atoms with Crippen LogP contribution in [0.3, 0.4) is 0 Å². The lowest BCUT2D eigenvalue weighted by Gasteiger charge is -2.35. The van der Waals surface area contributed by atoms with E-state index in [-0.39, 0.29) is 18.1 Å². The van der Waals surface area contributed by atoms with Crippen molar-refractivity contribution in [1.82, 2.24) is 0 Å². The van der Waals surface area contributed by atoms with E-state index in [2.05, 4.69) is 58.7 Å². The van der Waals surface area contributed by atoms with Crippen LogP contribution in [-0.4, -0.2) is 28.8 Å². The summed E-state index contributed by atoms with van der Waals surface area (Å²) >= 11 is 0. The fourth-order valence-corrected chi connectivity index (χ4v) is 4.23. The van der Waals surface area contributed by atoms with Gasteiger partial charge in [0.15, 0.2) is 16.6 Å². The minimum absolute atomic E-state index is 0.0152. The van der Waals surface area contributed by atoms with Gasteiger partial charge in [-0.15, -0.1) is 18.9 Å². The fraction of sp³-hybridized carbons (Fsp3) is 0.733. The monoisotopic (exact) mass is 298 g/mol. The van der Waals surface area contributed by atoms with Crippen LogP contribution in [0.4, 0.5) is 0 Å². The summed E-state index contributed by atoms with van der Waals surface area (Å²) in [6, 6.07) is 0. The predicted octanol–water partition coefficient (Wildman–Crippen LogP) is 4.27. The molecule has 0 aromatic rings. The van der Waals surface area contributed by atoms with Gasteiger partial charge in [0.2, 0.25) is 0 Å². The molecule has 0 spiro atoms. The standard InChI is InChI=1S/C15H30O2Si2/c1-10-12-15(17-19(7,8)9)13(3)14(11-2)16-18(4,5)6/h1,11,13-15H,2,12H2,3-9H3/t13-,14-,15+/m1/s1. The second-order valence-electron chi connectivity index (χ2n) is 6.97. The molecule has 0 rings (SSSR count). The van der Waals surface area contributed by atoms with Crippen LogP contribution < -0.4 is 0 Å². The van der Waals surface area contributed by atoms with E-state index in [0.717, 1.165) is 0 Å². The first-order valence-corrected chi connectivity index (χ1v) is 13.7. The second-order valence-corrected chi connectivity index (χ2v) is 15.9. The molecule has 2 nitrogen and oxygen atoms in total. The largest absolute Gasteiger partial charge is 0.413 e. The molecule has 0 heterocycles. The van der Waals surface area contributed by atoms with Crippen LogP contribution in [0.5, 0.6) is 0 Å². The molecule has 0 radical (unpaired) electrons. The summed E-state index contributed by atoms with van der Waals surface area (Å²) in [6.45, 7) is 19.2. The molecule has 0 aromatic carbocycles. The first-order valence-electron chi connectivity index (χ1n) is 6.92. The van der Waals surface area contributed by atoms with Crippen molar-refractivity contribution in [3.63, 3.8) is 0 Å². The van der Waals surface area contributed by atoms with Gasteiger partial charge in [0.1, 0.15) is 0 Å². The zero-order valence-electron chi connectivity index (χ0n) is 13.6. The Balaban J connectivity index is 4.90. The molecule has 0 unspecified atom stereocenters. The third-order valence-corrected chi connectivity index (χ3v) is 4.64. The van der Waals surface area contributed by atoms with Crippen molar-refractivity contribution in [2.24, 2.45) is 5.92 Å². The molecular formula is C15H30O2Si2. The van der Waals surface area contributed by atoms with Crippen LogP contribution in [0.1, 0.15) is 13.3 Å². The molecule has 0 fully saturated rings. The lowest BCUT2D eigenvalue weighted by molar-refractivity contribution is 0.0684. The summed E-state index contributed by atoms with van der Waals surface area (Å²) in [5, 5.41) is 0. The van der Waals surface area contributed by atoms with E-state index < -0.39 is 16.6 Å². The Morgan fingerprint density at radius 3 is 1.89 bits per heavy atom. The smallest absolute Gasteiger partial charge is 0.184 e. The molecule has 0 amide bonds. The van der Waals surface area contributed by atoms with Gasteiger partial charge in [0.25, 0.3) is 0 Å². The second kappa shape index (κ2) is 7.44. The maximum absolute atomic E-state index is 6.22. The molecule has 0 saturated heterocycles. The van der Waals surface area contributed by atoms with Gasteiger partial charge in [0.05, 0.1) is 12.2 Å². The van der Waals surface area contributed by atoms with Gasteiger partial charge in [-0.3, -0.25) is 0 Å². The van der Waals surface area contributed by atoms with E-state index in [1.165, 1.54) is 0 Å². The summed E-state index contributed by atoms with van der Waals surface area (Å²) < 4.78 is 12.4. The molecule has 110 valence electrons. The van der Waals surface area contributed by atoms with Gasteiger partial charge < -0.3 is 8.85 Å². The Kier molecular flexibility index (Phi) is 7.30. The van der Waals surface area contributed by atoms with Crippen molar-refractivity contribution in [3.8, 4) is 12.3 Å². The molecular weight excluding hydrogens is 268 g/mol. The van der Waals surface area contributed by atoms with Gasteiger partial charge in [-0.25, -0.2) is 0 Å². The average Bonchev–Trinajstić information content (AvgIpc) is 2.21. The SMILES string of the molecule is C#CC[C@H](O[Si](C)(C)C)[C@H](C)[C@@H](C=C)O[Si](C)(C)C. The summed E-state index contributed by atoms with van der Waals surface area (Å²) in [5.74, 6) is 2.96. The number of terminal acetylenes is 1. The summed E-state index contributed by atoms with van der Waals surface area (Å²) in [6.07, 6.45) is 8.07. The summed E-state index contributed by atoms with van der Waals surface area (Å²) in [4.78, 5) is 0. The topological polar surface area (TPSA) is 18.5 Å². The molecule has 0 aromatic heterocycles. The highest BCUT2D eigenvalue weighted by atomic mass is 28.4. The maximum Gasteiger partial charge on any atom is 0.184 e. The lowest BCUT2D eigenvalue weighted by Crippen LogP contribution is -2.42. The normalized spacial score (nSPS) is 17.4. The first-order chi connectivity index (χ1) is 8.50. The van der Waals surface area contributed by atoms with Crippen molar-refractivity contribution in [1.29, 1.82) is 0 Å². The molecule has 0 aliphatic heterocycles. The average molecular weight is 299 g/mol. The highest BCUT2D eigenvalue weighted by Gasteiger charge is 2.31. The van der Waals surface area contributed by atoms with E-state index in [4.69, 9.17) is 15.3 Å². The van der Waals surface area contributed by atoms with Crippen LogP contribution in [0.25, 0.3) is 0 Å². The van der Waals surface area contributed by atoms with Gasteiger partial charge in [-0.1, -0.05) is 13.0 Å². The van der Waals surface area contributed by atoms with Crippen LogP contribution in [-0.2, 0) is 8.85 Å². The van der Waals surface area contributed by atoms with Crippen molar-refractivity contribution >= 4 is 16.6 Å². The minimum atomic E-state index is -1.61. The van der Waals surface area contributed by atoms with Crippen molar-refractivity contribution in [2.45, 2.75) is 64.8 Å². The highest BCUT2D eigenvalue weighted by Crippen LogP contribution is 2.24. The third kappa shape index (κ3) is 8.43. The van der Waals surface area contributed by atoms with E-state index in [9.17, 15) is 0 Å². The van der Waals surface area contributed by atoms with Gasteiger partial charge in [-0.05, 0) is 39.3 Å². The molecule has 0 aliphatic carbocycles. The molecule has 19 heavy (non-hydrogen) atoms. The number of hydrogen-bond acceptors (Lipinski definition) is 2. The minimum Gasteiger partial charge on any atom is -0.413 e. The summed E-state index contributed by atoms with van der Waals surface area (Å²) in [7, 11) is -3.21. The van der Waals surface area contributed by atoms with Crippen LogP contribution in [0.2, 0.25) is 39.3 Å². The van der Waals surface area contributed by atoms with Crippen LogP contribution in [0.15, 0.2) is 12.7 Å². The van der Waals surface area contributed by atoms with Gasteiger partial charge >= 0.3 is 0 Å². The fourth-order valence-electron chi connectivity index (χ4n) is 1.90. The molecule has 0 saturated carbocycles. The molecule has 0 aliphatic rings. The first kappa shape index (κ1) is 18.7. The van der Waals surface area contributed by atoms with E-state index >= 15 is 0 Å². The Labute approximate surface area is 121 Å². The zero-order valence-corrected chi connectivity index (χ0v) is 15.6. The van der Waals surface area contributed by atoms with Crippen molar-refractivity contribution < 1.29 is 8.85 Å². The van der Waals surface area contributed by atoms with Gasteiger partial charge in [-0.2, -0.15) is 0 Å². The quantitative estimate of drug-likeness (QED) is 0.378. The van der Waals surface area contributed by atoms with E-state index in [0.29, 0.717) is 6.42 Å². The third-order valence-electron chi connectivity index (χ3n) is 2.65. The number of rotatable bonds is 8. The Bertz CT molecular complexity index is 321. The van der Waals surface area contributed by atoms with Crippen molar-refractivity contribution in [2.75, 3.05) is 0 Å². The van der Waals surface area contributed by atoms with Crippen molar-refractivity contribution in [3.05, 3.63) is 12.7 Å². The van der Waals surface area contributed by atoms with Crippen LogP contribution >= 0.6 is 0 Å². The van der Waals surface area contributed by atoms with Crippen LogP contribution in [0, 0.1) is 18.3 Å². The molecule has 3 atom stereocenters. The van der Waals surface area contributed by atoms with E-state index in [1.807, 2.05) is 6.08 Å². The molecule has 4 heteroatoms. The Morgan fingerprint density at radius 2 is 1.58 bits per heavy atom. The molecule has 0 N–H and O–H groups in total. The van der Waals surface area contributed by atoms with E-state index in [1.54, 1.807) is 0 Å². The Hall–Kier alpha value is -0.346. The Morgan fingerprint density at radius 1 is 1.11 bits per heavy atom. The number of hydrogen-bond donors (Lipinski definition) is 0. The zero-order chi connectivity index (χ0) is 15.3. The van der Waals surface area contributed by atoms with Gasteiger partial charge in [0, 0.05) is 12.3 Å². The highest BCUT2D eigenvalue weighted by molar-refractivity contribution is 6.70. The molecule has 0 bridgehead atoms. The summed E-state index contributed by atoms with van der Waals surface area (Å²) in [5.41, 5.74) is 0.